The molecule has 1 fully saturated rings. The number of methoxy groups -OCH3 is 1. The maximum Gasteiger partial charge on any atom is 0.337 e. The summed E-state index contributed by atoms with van der Waals surface area (Å²) in [5.41, 5.74) is 4.35. The van der Waals surface area contributed by atoms with E-state index in [0.29, 0.717) is 53.6 Å². The predicted octanol–water partition coefficient (Wildman–Crippen LogP) is 4.36. The summed E-state index contributed by atoms with van der Waals surface area (Å²) >= 11 is 0. The number of benzene rings is 2. The number of anilines is 1. The third kappa shape index (κ3) is 5.06. The summed E-state index contributed by atoms with van der Waals surface area (Å²) in [4.78, 5) is 25.1. The van der Waals surface area contributed by atoms with Gasteiger partial charge in [0.2, 0.25) is 0 Å². The molecule has 0 aliphatic carbocycles. The van der Waals surface area contributed by atoms with Gasteiger partial charge in [0.05, 0.1) is 59.9 Å². The summed E-state index contributed by atoms with van der Waals surface area (Å²) in [6.45, 7) is 7.69. The maximum absolute atomic E-state index is 13.8. The standard InChI is InChI=1S/C31H32N6O5S/c1-19-6-8-23(9-7-19)43(39,40)37-11-10-24-25(14-22(15-27(24)37)31(38)41-5)30-33-26(29-20(2)17-32-35(29)4)16-28(34-30)36-12-13-42-18-21(36)3/h6-11,14-17,21H,12-13,18H2,1-5H3/t21-/m1/s1. The number of carbonyl (C=O) groups is 1. The molecule has 1 atom stereocenters. The van der Waals surface area contributed by atoms with Crippen LogP contribution in [-0.4, -0.2) is 71.0 Å². The number of hydrogen-bond acceptors (Lipinski definition) is 9. The van der Waals surface area contributed by atoms with Crippen LogP contribution in [0.3, 0.4) is 0 Å². The first kappa shape index (κ1) is 28.6. The van der Waals surface area contributed by atoms with Crippen LogP contribution in [0.1, 0.15) is 28.4 Å². The van der Waals surface area contributed by atoms with Gasteiger partial charge in [-0.3, -0.25) is 4.68 Å². The summed E-state index contributed by atoms with van der Waals surface area (Å²) in [6.07, 6.45) is 3.27. The number of nitrogens with zero attached hydrogens (tertiary/aromatic N) is 6. The third-order valence-electron chi connectivity index (χ3n) is 7.75. The van der Waals surface area contributed by atoms with Gasteiger partial charge in [-0.2, -0.15) is 5.10 Å². The molecule has 0 amide bonds. The Hall–Kier alpha value is -4.55. The normalized spacial score (nSPS) is 15.7. The molecule has 5 aromatic rings. The molecule has 4 heterocycles. The highest BCUT2D eigenvalue weighted by atomic mass is 32.2. The number of aryl methyl sites for hydroxylation is 3. The maximum atomic E-state index is 13.8. The van der Waals surface area contributed by atoms with Crippen LogP contribution in [0.4, 0.5) is 5.82 Å². The molecule has 0 bridgehead atoms. The van der Waals surface area contributed by atoms with Crippen molar-refractivity contribution in [3.05, 3.63) is 77.6 Å². The first-order valence-corrected chi connectivity index (χ1v) is 15.3. The molecular weight excluding hydrogens is 568 g/mol. The van der Waals surface area contributed by atoms with E-state index in [1.54, 1.807) is 47.3 Å². The Morgan fingerprint density at radius 2 is 1.84 bits per heavy atom. The van der Waals surface area contributed by atoms with Crippen LogP contribution in [0, 0.1) is 13.8 Å². The Bertz CT molecular complexity index is 1940. The molecule has 3 aromatic heterocycles. The molecule has 6 rings (SSSR count). The van der Waals surface area contributed by atoms with Crippen molar-refractivity contribution in [3.8, 4) is 22.8 Å². The molecule has 11 nitrogen and oxygen atoms in total. The number of esters is 1. The van der Waals surface area contributed by atoms with Crippen molar-refractivity contribution in [1.82, 2.24) is 23.7 Å². The Morgan fingerprint density at radius 3 is 2.51 bits per heavy atom. The SMILES string of the molecule is COC(=O)c1cc(-c2nc(-c3c(C)cnn3C)cc(N3CCOC[C@H]3C)n2)c2ccn(S(=O)(=O)c3ccc(C)cc3)c2c1. The fraction of sp³-hybridized carbons (Fsp3) is 0.290. The van der Waals surface area contributed by atoms with Crippen LogP contribution in [-0.2, 0) is 26.5 Å². The van der Waals surface area contributed by atoms with Crippen molar-refractivity contribution in [2.24, 2.45) is 7.05 Å². The van der Waals surface area contributed by atoms with Gasteiger partial charge in [-0.15, -0.1) is 0 Å². The van der Waals surface area contributed by atoms with Crippen LogP contribution in [0.15, 0.2) is 65.8 Å². The van der Waals surface area contributed by atoms with E-state index in [9.17, 15) is 13.2 Å². The zero-order valence-electron chi connectivity index (χ0n) is 24.6. The van der Waals surface area contributed by atoms with Gasteiger partial charge in [0.1, 0.15) is 5.82 Å². The van der Waals surface area contributed by atoms with Gasteiger partial charge >= 0.3 is 5.97 Å². The van der Waals surface area contributed by atoms with Crippen LogP contribution in [0.5, 0.6) is 0 Å². The van der Waals surface area contributed by atoms with Gasteiger partial charge in [0.25, 0.3) is 10.0 Å². The van der Waals surface area contributed by atoms with Gasteiger partial charge in [0, 0.05) is 36.8 Å². The number of hydrogen-bond donors (Lipinski definition) is 0. The zero-order valence-corrected chi connectivity index (χ0v) is 25.4. The van der Waals surface area contributed by atoms with Crippen LogP contribution < -0.4 is 4.90 Å². The molecule has 43 heavy (non-hydrogen) atoms. The van der Waals surface area contributed by atoms with E-state index in [1.165, 1.54) is 23.3 Å². The molecule has 1 saturated heterocycles. The highest BCUT2D eigenvalue weighted by Crippen LogP contribution is 2.35. The molecule has 222 valence electrons. The van der Waals surface area contributed by atoms with Gasteiger partial charge in [0.15, 0.2) is 5.82 Å². The van der Waals surface area contributed by atoms with Gasteiger partial charge in [-0.1, -0.05) is 17.7 Å². The van der Waals surface area contributed by atoms with E-state index in [4.69, 9.17) is 19.4 Å². The van der Waals surface area contributed by atoms with Crippen molar-refractivity contribution in [1.29, 1.82) is 0 Å². The van der Waals surface area contributed by atoms with Crippen molar-refractivity contribution in [3.63, 3.8) is 0 Å². The number of rotatable bonds is 6. The lowest BCUT2D eigenvalue weighted by molar-refractivity contribution is 0.0601. The second-order valence-corrected chi connectivity index (χ2v) is 12.5. The largest absolute Gasteiger partial charge is 0.465 e. The first-order chi connectivity index (χ1) is 20.6. The summed E-state index contributed by atoms with van der Waals surface area (Å²) < 4.78 is 41.2. The molecule has 12 heteroatoms. The van der Waals surface area contributed by atoms with Crippen molar-refractivity contribution < 1.29 is 22.7 Å². The Morgan fingerprint density at radius 1 is 1.07 bits per heavy atom. The Balaban J connectivity index is 1.62. The minimum atomic E-state index is -3.98. The van der Waals surface area contributed by atoms with Crippen molar-refractivity contribution in [2.45, 2.75) is 31.7 Å². The van der Waals surface area contributed by atoms with Crippen LogP contribution >= 0.6 is 0 Å². The lowest BCUT2D eigenvalue weighted by atomic mass is 10.0. The quantitative estimate of drug-likeness (QED) is 0.262. The highest BCUT2D eigenvalue weighted by molar-refractivity contribution is 7.90. The fourth-order valence-electron chi connectivity index (χ4n) is 5.48. The first-order valence-electron chi connectivity index (χ1n) is 13.9. The highest BCUT2D eigenvalue weighted by Gasteiger charge is 2.26. The van der Waals surface area contributed by atoms with Gasteiger partial charge < -0.3 is 14.4 Å². The molecule has 2 aromatic carbocycles. The molecule has 1 aliphatic rings. The fourth-order valence-corrected chi connectivity index (χ4v) is 6.82. The summed E-state index contributed by atoms with van der Waals surface area (Å²) in [5.74, 6) is 0.428. The Labute approximate surface area is 249 Å². The minimum absolute atomic E-state index is 0.0687. The van der Waals surface area contributed by atoms with E-state index in [-0.39, 0.29) is 16.5 Å². The number of ether oxygens (including phenoxy) is 2. The molecular formula is C31H32N6O5S. The second-order valence-electron chi connectivity index (χ2n) is 10.7. The third-order valence-corrected chi connectivity index (χ3v) is 9.46. The number of fused-ring (bicyclic) bond motifs is 1. The molecule has 0 spiro atoms. The van der Waals surface area contributed by atoms with E-state index in [2.05, 4.69) is 16.9 Å². The van der Waals surface area contributed by atoms with Gasteiger partial charge in [-0.05, 0) is 56.7 Å². The number of morpholine rings is 1. The number of carbonyl (C=O) groups excluding carboxylic acids is 1. The number of aromatic nitrogens is 5. The molecule has 0 saturated carbocycles. The van der Waals surface area contributed by atoms with Crippen molar-refractivity contribution in [2.75, 3.05) is 31.8 Å². The van der Waals surface area contributed by atoms with E-state index in [1.807, 2.05) is 27.0 Å². The summed E-state index contributed by atoms with van der Waals surface area (Å²) in [6, 6.07) is 13.5. The van der Waals surface area contributed by atoms with E-state index in [0.717, 1.165) is 16.8 Å². The summed E-state index contributed by atoms with van der Waals surface area (Å²) in [7, 11) is -0.844. The van der Waals surface area contributed by atoms with Crippen LogP contribution in [0.2, 0.25) is 0 Å². The predicted molar refractivity (Wildman–Crippen MR) is 163 cm³/mol. The molecule has 0 radical (unpaired) electrons. The second kappa shape index (κ2) is 10.9. The van der Waals surface area contributed by atoms with Crippen LogP contribution in [0.25, 0.3) is 33.7 Å². The smallest absolute Gasteiger partial charge is 0.337 e. The molecule has 1 aliphatic heterocycles. The van der Waals surface area contributed by atoms with E-state index < -0.39 is 16.0 Å². The Kier molecular flexibility index (Phi) is 7.26. The molecule has 0 unspecified atom stereocenters. The summed E-state index contributed by atoms with van der Waals surface area (Å²) in [5, 5.41) is 4.98. The monoisotopic (exact) mass is 600 g/mol. The minimum Gasteiger partial charge on any atom is -0.465 e. The topological polar surface area (TPSA) is 121 Å². The van der Waals surface area contributed by atoms with E-state index >= 15 is 0 Å². The van der Waals surface area contributed by atoms with Gasteiger partial charge in [-0.25, -0.2) is 27.2 Å². The lowest BCUT2D eigenvalue weighted by Crippen LogP contribution is -2.44. The average Bonchev–Trinajstić information content (AvgIpc) is 3.59. The average molecular weight is 601 g/mol. The zero-order chi connectivity index (χ0) is 30.5. The molecule has 0 N–H and O–H groups in total. The lowest BCUT2D eigenvalue weighted by Gasteiger charge is -2.34. The van der Waals surface area contributed by atoms with Crippen molar-refractivity contribution >= 4 is 32.7 Å².